The second kappa shape index (κ2) is 5.40. The van der Waals surface area contributed by atoms with Gasteiger partial charge in [0, 0.05) is 6.07 Å². The number of rotatable bonds is 3. The van der Waals surface area contributed by atoms with Crippen molar-refractivity contribution < 1.29 is 9.13 Å². The number of hydrogen-bond acceptors (Lipinski definition) is 2. The number of hydrogen-bond donors (Lipinski definition) is 1. The van der Waals surface area contributed by atoms with Crippen molar-refractivity contribution in [1.29, 1.82) is 0 Å². The highest BCUT2D eigenvalue weighted by Crippen LogP contribution is 2.31. The Kier molecular flexibility index (Phi) is 3.87. The lowest BCUT2D eigenvalue weighted by atomic mass is 10.1. The van der Waals surface area contributed by atoms with Crippen LogP contribution in [0.2, 0.25) is 0 Å². The molecule has 0 aliphatic carbocycles. The smallest absolute Gasteiger partial charge is 0.146 e. The molecule has 0 bridgehead atoms. The number of benzene rings is 2. The summed E-state index contributed by atoms with van der Waals surface area (Å²) in [7, 11) is 0. The van der Waals surface area contributed by atoms with E-state index in [0.29, 0.717) is 15.9 Å². The van der Waals surface area contributed by atoms with Crippen LogP contribution in [0.1, 0.15) is 18.6 Å². The van der Waals surface area contributed by atoms with Crippen LogP contribution in [0, 0.1) is 5.82 Å². The summed E-state index contributed by atoms with van der Waals surface area (Å²) in [5, 5.41) is 0. The minimum atomic E-state index is -0.389. The Morgan fingerprint density at radius 2 is 1.89 bits per heavy atom. The highest BCUT2D eigenvalue weighted by molar-refractivity contribution is 9.10. The van der Waals surface area contributed by atoms with E-state index >= 15 is 0 Å². The van der Waals surface area contributed by atoms with E-state index in [0.717, 1.165) is 5.56 Å². The van der Waals surface area contributed by atoms with Gasteiger partial charge in [-0.05, 0) is 34.5 Å². The van der Waals surface area contributed by atoms with Gasteiger partial charge in [0.05, 0.1) is 10.2 Å². The number of nitrogen functional groups attached to an aromatic ring is 1. The fourth-order valence-electron chi connectivity index (χ4n) is 1.63. The van der Waals surface area contributed by atoms with Crippen LogP contribution in [0.4, 0.5) is 10.1 Å². The summed E-state index contributed by atoms with van der Waals surface area (Å²) in [6.45, 7) is 1.90. The average molecular weight is 310 g/mol. The summed E-state index contributed by atoms with van der Waals surface area (Å²) in [6, 6.07) is 12.5. The number of halogens is 2. The van der Waals surface area contributed by atoms with Gasteiger partial charge in [-0.1, -0.05) is 30.3 Å². The Labute approximate surface area is 114 Å². The van der Waals surface area contributed by atoms with Crippen molar-refractivity contribution in [3.63, 3.8) is 0 Å². The van der Waals surface area contributed by atoms with Gasteiger partial charge in [0.15, 0.2) is 0 Å². The fourth-order valence-corrected chi connectivity index (χ4v) is 1.99. The molecular weight excluding hydrogens is 297 g/mol. The predicted octanol–water partition coefficient (Wildman–Crippen LogP) is 4.31. The van der Waals surface area contributed by atoms with Crippen molar-refractivity contribution in [2.75, 3.05) is 5.73 Å². The molecule has 2 aromatic carbocycles. The molecule has 0 heterocycles. The van der Waals surface area contributed by atoms with Gasteiger partial charge in [0.1, 0.15) is 17.7 Å². The van der Waals surface area contributed by atoms with Gasteiger partial charge in [0.2, 0.25) is 0 Å². The highest BCUT2D eigenvalue weighted by Gasteiger charge is 2.11. The zero-order chi connectivity index (χ0) is 13.1. The van der Waals surface area contributed by atoms with Gasteiger partial charge < -0.3 is 10.5 Å². The third-order valence-corrected chi connectivity index (χ3v) is 3.23. The van der Waals surface area contributed by atoms with E-state index in [9.17, 15) is 4.39 Å². The van der Waals surface area contributed by atoms with Crippen LogP contribution in [-0.2, 0) is 0 Å². The van der Waals surface area contributed by atoms with Crippen LogP contribution in [-0.4, -0.2) is 0 Å². The largest absolute Gasteiger partial charge is 0.484 e. The monoisotopic (exact) mass is 309 g/mol. The summed E-state index contributed by atoms with van der Waals surface area (Å²) >= 11 is 3.08. The van der Waals surface area contributed by atoms with Gasteiger partial charge in [-0.2, -0.15) is 0 Å². The van der Waals surface area contributed by atoms with Crippen molar-refractivity contribution >= 4 is 21.6 Å². The molecule has 0 aromatic heterocycles. The Balaban J connectivity index is 2.22. The lowest BCUT2D eigenvalue weighted by Crippen LogP contribution is -2.05. The minimum Gasteiger partial charge on any atom is -0.484 e. The first-order valence-corrected chi connectivity index (χ1v) is 6.33. The molecule has 0 aliphatic heterocycles. The quantitative estimate of drug-likeness (QED) is 0.857. The molecule has 2 aromatic rings. The SMILES string of the molecule is CC(Oc1cc(F)c(Br)cc1N)c1ccccc1. The summed E-state index contributed by atoms with van der Waals surface area (Å²) in [5.41, 5.74) is 7.22. The molecule has 0 fully saturated rings. The molecule has 0 spiro atoms. The summed E-state index contributed by atoms with van der Waals surface area (Å²) in [4.78, 5) is 0. The molecule has 0 saturated carbocycles. The van der Waals surface area contributed by atoms with E-state index in [2.05, 4.69) is 15.9 Å². The fraction of sp³-hybridized carbons (Fsp3) is 0.143. The molecule has 1 unspecified atom stereocenters. The molecule has 1 atom stereocenters. The van der Waals surface area contributed by atoms with Crippen molar-refractivity contribution in [1.82, 2.24) is 0 Å². The molecule has 2 nitrogen and oxygen atoms in total. The first kappa shape index (κ1) is 12.9. The Bertz CT molecular complexity index is 545. The van der Waals surface area contributed by atoms with Crippen LogP contribution in [0.3, 0.4) is 0 Å². The maximum atomic E-state index is 13.4. The summed E-state index contributed by atoms with van der Waals surface area (Å²) < 4.78 is 19.4. The second-order valence-electron chi connectivity index (χ2n) is 3.97. The molecule has 18 heavy (non-hydrogen) atoms. The molecule has 0 aliphatic rings. The van der Waals surface area contributed by atoms with Gasteiger partial charge >= 0.3 is 0 Å². The summed E-state index contributed by atoms with van der Waals surface area (Å²) in [5.74, 6) is -0.0356. The van der Waals surface area contributed by atoms with E-state index < -0.39 is 0 Å². The zero-order valence-corrected chi connectivity index (χ0v) is 11.4. The lowest BCUT2D eigenvalue weighted by molar-refractivity contribution is 0.227. The number of nitrogens with two attached hydrogens (primary N) is 1. The average Bonchev–Trinajstić information content (AvgIpc) is 2.37. The van der Waals surface area contributed by atoms with E-state index in [1.165, 1.54) is 12.1 Å². The molecule has 2 N–H and O–H groups in total. The first-order chi connectivity index (χ1) is 8.58. The molecule has 0 amide bonds. The van der Waals surface area contributed by atoms with Crippen LogP contribution < -0.4 is 10.5 Å². The van der Waals surface area contributed by atoms with Crippen molar-refractivity contribution in [3.8, 4) is 5.75 Å². The lowest BCUT2D eigenvalue weighted by Gasteiger charge is -2.16. The maximum Gasteiger partial charge on any atom is 0.146 e. The van der Waals surface area contributed by atoms with E-state index in [1.807, 2.05) is 37.3 Å². The Hall–Kier alpha value is -1.55. The van der Waals surface area contributed by atoms with Gasteiger partial charge in [-0.25, -0.2) is 4.39 Å². The van der Waals surface area contributed by atoms with Crippen LogP contribution >= 0.6 is 15.9 Å². The van der Waals surface area contributed by atoms with Crippen molar-refractivity contribution in [3.05, 3.63) is 58.3 Å². The van der Waals surface area contributed by atoms with Gasteiger partial charge in [-0.15, -0.1) is 0 Å². The predicted molar refractivity (Wildman–Crippen MR) is 74.0 cm³/mol. The van der Waals surface area contributed by atoms with Crippen LogP contribution in [0.25, 0.3) is 0 Å². The van der Waals surface area contributed by atoms with Crippen LogP contribution in [0.5, 0.6) is 5.75 Å². The van der Waals surface area contributed by atoms with Crippen LogP contribution in [0.15, 0.2) is 46.9 Å². The number of ether oxygens (including phenoxy) is 1. The topological polar surface area (TPSA) is 35.2 Å². The highest BCUT2D eigenvalue weighted by atomic mass is 79.9. The third-order valence-electron chi connectivity index (χ3n) is 2.63. The van der Waals surface area contributed by atoms with Crippen molar-refractivity contribution in [2.24, 2.45) is 0 Å². The van der Waals surface area contributed by atoms with Crippen molar-refractivity contribution in [2.45, 2.75) is 13.0 Å². The first-order valence-electron chi connectivity index (χ1n) is 5.54. The third kappa shape index (κ3) is 2.82. The Morgan fingerprint density at radius 1 is 1.22 bits per heavy atom. The molecule has 2 rings (SSSR count). The molecule has 94 valence electrons. The molecule has 4 heteroatoms. The normalized spacial score (nSPS) is 12.2. The number of anilines is 1. The second-order valence-corrected chi connectivity index (χ2v) is 4.83. The molecule has 0 saturated heterocycles. The standard InChI is InChI=1S/C14H13BrFNO/c1-9(10-5-3-2-4-6-10)18-14-8-12(16)11(15)7-13(14)17/h2-9H,17H2,1H3. The molecular formula is C14H13BrFNO. The van der Waals surface area contributed by atoms with E-state index in [1.54, 1.807) is 0 Å². The van der Waals surface area contributed by atoms with Gasteiger partial charge in [-0.3, -0.25) is 0 Å². The zero-order valence-electron chi connectivity index (χ0n) is 9.86. The molecule has 0 radical (unpaired) electrons. The van der Waals surface area contributed by atoms with E-state index in [-0.39, 0.29) is 11.9 Å². The summed E-state index contributed by atoms with van der Waals surface area (Å²) in [6.07, 6.45) is -0.186. The van der Waals surface area contributed by atoms with E-state index in [4.69, 9.17) is 10.5 Å². The minimum absolute atomic E-state index is 0.186. The maximum absolute atomic E-state index is 13.4. The Morgan fingerprint density at radius 3 is 2.56 bits per heavy atom. The van der Waals surface area contributed by atoms with Gasteiger partial charge in [0.25, 0.3) is 0 Å².